The number of rotatable bonds is 4. The van der Waals surface area contributed by atoms with Crippen LogP contribution >= 0.6 is 15.9 Å². The van der Waals surface area contributed by atoms with Gasteiger partial charge in [-0.25, -0.2) is 14.3 Å². The van der Waals surface area contributed by atoms with Crippen molar-refractivity contribution in [2.75, 3.05) is 11.9 Å². The Morgan fingerprint density at radius 2 is 2.28 bits per heavy atom. The van der Waals surface area contributed by atoms with Crippen LogP contribution in [0.15, 0.2) is 16.7 Å². The van der Waals surface area contributed by atoms with Gasteiger partial charge in [0.2, 0.25) is 0 Å². The molecule has 2 rings (SSSR count). The van der Waals surface area contributed by atoms with Gasteiger partial charge in [0.25, 0.3) is 0 Å². The van der Waals surface area contributed by atoms with Crippen LogP contribution in [0.5, 0.6) is 0 Å². The van der Waals surface area contributed by atoms with Crippen molar-refractivity contribution in [3.8, 4) is 0 Å². The summed E-state index contributed by atoms with van der Waals surface area (Å²) in [6.07, 6.45) is 0. The van der Waals surface area contributed by atoms with E-state index >= 15 is 0 Å². The van der Waals surface area contributed by atoms with Gasteiger partial charge in [-0.05, 0) is 34.0 Å². The zero-order valence-electron chi connectivity index (χ0n) is 10.0. The molecule has 0 radical (unpaired) electrons. The Morgan fingerprint density at radius 3 is 2.89 bits per heavy atom. The van der Waals surface area contributed by atoms with E-state index in [0.29, 0.717) is 22.0 Å². The fourth-order valence-electron chi connectivity index (χ4n) is 1.45. The molecule has 2 aromatic heterocycles. The fourth-order valence-corrected chi connectivity index (χ4v) is 1.96. The summed E-state index contributed by atoms with van der Waals surface area (Å²) in [6, 6.07) is 3.51. The number of hydrogen-bond acceptors (Lipinski definition) is 4. The van der Waals surface area contributed by atoms with Crippen LogP contribution in [0.2, 0.25) is 0 Å². The molecule has 0 amide bonds. The minimum Gasteiger partial charge on any atom is -0.476 e. The second kappa shape index (κ2) is 4.93. The molecule has 96 valence electrons. The molecule has 0 spiro atoms. The van der Waals surface area contributed by atoms with Gasteiger partial charge in [0.15, 0.2) is 11.3 Å². The number of carboxylic acids is 1. The van der Waals surface area contributed by atoms with Gasteiger partial charge >= 0.3 is 5.97 Å². The summed E-state index contributed by atoms with van der Waals surface area (Å²) in [5.74, 6) is 0.110. The van der Waals surface area contributed by atoms with Crippen LogP contribution in [-0.2, 0) is 0 Å². The van der Waals surface area contributed by atoms with Crippen LogP contribution in [-0.4, -0.2) is 32.2 Å². The van der Waals surface area contributed by atoms with Gasteiger partial charge in [-0.15, -0.1) is 5.10 Å². The van der Waals surface area contributed by atoms with Crippen LogP contribution in [0, 0.1) is 5.92 Å². The number of carbonyl (C=O) groups is 1. The van der Waals surface area contributed by atoms with E-state index in [2.05, 4.69) is 45.2 Å². The Hall–Kier alpha value is -1.63. The molecule has 18 heavy (non-hydrogen) atoms. The third kappa shape index (κ3) is 2.45. The predicted molar refractivity (Wildman–Crippen MR) is 71.0 cm³/mol. The van der Waals surface area contributed by atoms with Gasteiger partial charge in [-0.2, -0.15) is 0 Å². The summed E-state index contributed by atoms with van der Waals surface area (Å²) in [6.45, 7) is 5.00. The molecule has 0 aliphatic carbocycles. The molecule has 0 saturated heterocycles. The predicted octanol–water partition coefficient (Wildman–Crippen LogP) is 2.26. The van der Waals surface area contributed by atoms with Crippen molar-refractivity contribution in [1.29, 1.82) is 0 Å². The standard InChI is InChI=1S/C11H13BrN4O2/c1-6(2)5-13-7-3-4-8-14-9(11(17)18)10(12)16(8)15-7/h3-4,6H,5H2,1-2H3,(H,13,15)(H,17,18). The van der Waals surface area contributed by atoms with E-state index in [-0.39, 0.29) is 5.69 Å². The first-order chi connectivity index (χ1) is 8.49. The lowest BCUT2D eigenvalue weighted by molar-refractivity contribution is 0.0690. The molecular formula is C11H13BrN4O2. The average Bonchev–Trinajstić information content (AvgIpc) is 2.64. The maximum atomic E-state index is 10.9. The van der Waals surface area contributed by atoms with Crippen molar-refractivity contribution in [3.63, 3.8) is 0 Å². The summed E-state index contributed by atoms with van der Waals surface area (Å²) in [7, 11) is 0. The van der Waals surface area contributed by atoms with E-state index in [1.165, 1.54) is 4.52 Å². The zero-order chi connectivity index (χ0) is 13.3. The van der Waals surface area contributed by atoms with Crippen molar-refractivity contribution in [3.05, 3.63) is 22.4 Å². The topological polar surface area (TPSA) is 79.5 Å². The number of anilines is 1. The van der Waals surface area contributed by atoms with E-state index in [1.54, 1.807) is 12.1 Å². The number of halogens is 1. The molecule has 2 aromatic rings. The molecule has 0 unspecified atom stereocenters. The molecule has 0 aliphatic heterocycles. The minimum absolute atomic E-state index is 0.0384. The lowest BCUT2D eigenvalue weighted by atomic mass is 10.2. The normalized spacial score (nSPS) is 11.1. The summed E-state index contributed by atoms with van der Waals surface area (Å²) < 4.78 is 1.81. The Bertz CT molecular complexity index is 594. The van der Waals surface area contributed by atoms with Crippen LogP contribution in [0.1, 0.15) is 24.3 Å². The fraction of sp³-hybridized carbons (Fsp3) is 0.364. The highest BCUT2D eigenvalue weighted by molar-refractivity contribution is 9.10. The Balaban J connectivity index is 2.38. The SMILES string of the molecule is CC(C)CNc1ccc2nc(C(=O)O)c(Br)n2n1. The Morgan fingerprint density at radius 1 is 1.56 bits per heavy atom. The third-order valence-corrected chi connectivity index (χ3v) is 3.03. The summed E-state index contributed by atoms with van der Waals surface area (Å²) in [4.78, 5) is 14.9. The van der Waals surface area contributed by atoms with Gasteiger partial charge in [0.1, 0.15) is 10.4 Å². The van der Waals surface area contributed by atoms with Crippen molar-refractivity contribution < 1.29 is 9.90 Å². The van der Waals surface area contributed by atoms with Crippen LogP contribution in [0.25, 0.3) is 5.65 Å². The second-order valence-electron chi connectivity index (χ2n) is 4.32. The molecule has 0 aromatic carbocycles. The molecule has 2 heterocycles. The minimum atomic E-state index is -1.08. The first-order valence-corrected chi connectivity index (χ1v) is 6.30. The number of hydrogen-bond donors (Lipinski definition) is 2. The van der Waals surface area contributed by atoms with Crippen molar-refractivity contribution in [2.24, 2.45) is 5.92 Å². The number of nitrogens with one attached hydrogen (secondary N) is 1. The molecular weight excluding hydrogens is 300 g/mol. The molecule has 0 atom stereocenters. The number of imidazole rings is 1. The number of carboxylic acid groups (broad SMARTS) is 1. The highest BCUT2D eigenvalue weighted by atomic mass is 79.9. The first kappa shape index (κ1) is 12.8. The van der Waals surface area contributed by atoms with Gasteiger partial charge in [-0.1, -0.05) is 13.8 Å². The molecule has 0 saturated carbocycles. The van der Waals surface area contributed by atoms with Crippen LogP contribution in [0.3, 0.4) is 0 Å². The molecule has 0 bridgehead atoms. The van der Waals surface area contributed by atoms with Gasteiger partial charge in [0.05, 0.1) is 0 Å². The zero-order valence-corrected chi connectivity index (χ0v) is 11.6. The quantitative estimate of drug-likeness (QED) is 0.905. The van der Waals surface area contributed by atoms with Gasteiger partial charge in [0, 0.05) is 6.54 Å². The van der Waals surface area contributed by atoms with Crippen LogP contribution in [0.4, 0.5) is 5.82 Å². The Labute approximate surface area is 112 Å². The lowest BCUT2D eigenvalue weighted by Gasteiger charge is -2.07. The average molecular weight is 313 g/mol. The van der Waals surface area contributed by atoms with Crippen molar-refractivity contribution >= 4 is 33.4 Å². The maximum absolute atomic E-state index is 10.9. The van der Waals surface area contributed by atoms with Crippen molar-refractivity contribution in [2.45, 2.75) is 13.8 Å². The summed E-state index contributed by atoms with van der Waals surface area (Å²) in [5.41, 5.74) is 0.456. The highest BCUT2D eigenvalue weighted by Crippen LogP contribution is 2.19. The molecule has 7 heteroatoms. The largest absolute Gasteiger partial charge is 0.476 e. The number of aromatic nitrogens is 3. The monoisotopic (exact) mass is 312 g/mol. The van der Waals surface area contributed by atoms with Gasteiger partial charge in [-0.3, -0.25) is 0 Å². The molecule has 0 aliphatic rings. The van der Waals surface area contributed by atoms with E-state index in [9.17, 15) is 4.79 Å². The third-order valence-electron chi connectivity index (χ3n) is 2.32. The van der Waals surface area contributed by atoms with E-state index in [1.807, 2.05) is 0 Å². The number of aromatic carboxylic acids is 1. The van der Waals surface area contributed by atoms with Crippen molar-refractivity contribution in [1.82, 2.24) is 14.6 Å². The van der Waals surface area contributed by atoms with Crippen LogP contribution < -0.4 is 5.32 Å². The van der Waals surface area contributed by atoms with E-state index in [0.717, 1.165) is 6.54 Å². The Kier molecular flexibility index (Phi) is 3.51. The molecule has 0 fully saturated rings. The van der Waals surface area contributed by atoms with Gasteiger partial charge < -0.3 is 10.4 Å². The molecule has 6 nitrogen and oxygen atoms in total. The summed E-state index contributed by atoms with van der Waals surface area (Å²) >= 11 is 3.20. The number of nitrogens with zero attached hydrogens (tertiary/aromatic N) is 3. The van der Waals surface area contributed by atoms with E-state index in [4.69, 9.17) is 5.11 Å². The smallest absolute Gasteiger partial charge is 0.357 e. The highest BCUT2D eigenvalue weighted by Gasteiger charge is 2.17. The lowest BCUT2D eigenvalue weighted by Crippen LogP contribution is -2.10. The maximum Gasteiger partial charge on any atom is 0.357 e. The number of fused-ring (bicyclic) bond motifs is 1. The second-order valence-corrected chi connectivity index (χ2v) is 5.07. The first-order valence-electron chi connectivity index (χ1n) is 5.51. The molecule has 2 N–H and O–H groups in total. The summed E-state index contributed by atoms with van der Waals surface area (Å²) in [5, 5.41) is 16.4. The van der Waals surface area contributed by atoms with E-state index < -0.39 is 5.97 Å².